The number of ether oxygens (including phenoxy) is 7. The van der Waals surface area contributed by atoms with Crippen molar-refractivity contribution >= 4 is 35.2 Å². The molecule has 22 nitrogen and oxygen atoms in total. The number of esters is 1. The van der Waals surface area contributed by atoms with Crippen molar-refractivity contribution in [1.82, 2.24) is 20.4 Å². The van der Waals surface area contributed by atoms with Crippen LogP contribution in [-0.4, -0.2) is 220 Å². The number of methoxy groups -OCH3 is 4. The van der Waals surface area contributed by atoms with Gasteiger partial charge in [-0.15, -0.1) is 0 Å². The van der Waals surface area contributed by atoms with Gasteiger partial charge in [-0.2, -0.15) is 0 Å². The molecule has 0 aromatic heterocycles. The number of rotatable bonds is 18. The van der Waals surface area contributed by atoms with E-state index in [-0.39, 0.29) is 80.2 Å². The van der Waals surface area contributed by atoms with Crippen molar-refractivity contribution in [3.8, 4) is 0 Å². The molecular weight excluding hydrogens is 1120 g/mol. The molecule has 3 saturated heterocycles. The number of nitrogens with one attached hydrogen (secondary N) is 2. The monoisotopic (exact) mass is 1230 g/mol. The zero-order valence-electron chi connectivity index (χ0n) is 54.2. The maximum atomic E-state index is 14.5. The van der Waals surface area contributed by atoms with Crippen LogP contribution in [0, 0.1) is 35.5 Å². The van der Waals surface area contributed by atoms with Crippen molar-refractivity contribution in [2.24, 2.45) is 40.7 Å². The predicted octanol–water partition coefficient (Wildman–Crippen LogP) is 5.36. The fourth-order valence-corrected chi connectivity index (χ4v) is 12.9. The third kappa shape index (κ3) is 22.6. The fourth-order valence-electron chi connectivity index (χ4n) is 12.9. The predicted molar refractivity (Wildman–Crippen MR) is 328 cm³/mol. The first-order valence-corrected chi connectivity index (χ1v) is 32.2. The van der Waals surface area contributed by atoms with Gasteiger partial charge >= 0.3 is 5.97 Å². The Morgan fingerprint density at radius 1 is 0.782 bits per heavy atom. The molecule has 0 spiro atoms. The summed E-state index contributed by atoms with van der Waals surface area (Å²) in [7, 11) is 6.25. The summed E-state index contributed by atoms with van der Waals surface area (Å²) in [4.78, 5) is 78.4. The van der Waals surface area contributed by atoms with E-state index in [0.717, 1.165) is 18.4 Å². The second-order valence-electron chi connectivity index (χ2n) is 25.6. The molecule has 0 aromatic carbocycles. The van der Waals surface area contributed by atoms with E-state index < -0.39 is 84.1 Å². The molecule has 0 aromatic rings. The first-order chi connectivity index (χ1) is 41.5. The summed E-state index contributed by atoms with van der Waals surface area (Å²) in [5.74, 6) is -6.90. The van der Waals surface area contributed by atoms with Crippen LogP contribution in [0.15, 0.2) is 40.6 Å². The number of carbonyl (C=O) groups excluding carboxylic acids is 5. The number of aliphatic hydroxyl groups is 4. The maximum absolute atomic E-state index is 14.5. The lowest BCUT2D eigenvalue weighted by molar-refractivity contribution is -0.265. The number of allylic oxidation sites excluding steroid dienone is 3. The van der Waals surface area contributed by atoms with Crippen LogP contribution < -0.4 is 10.6 Å². The highest BCUT2D eigenvalue weighted by atomic mass is 16.6. The topological polar surface area (TPSA) is 283 Å². The number of carbonyl (C=O) groups is 5. The van der Waals surface area contributed by atoms with Gasteiger partial charge in [-0.05, 0) is 133 Å². The number of oxime groups is 1. The molecule has 6 N–H and O–H groups in total. The summed E-state index contributed by atoms with van der Waals surface area (Å²) in [5.41, 5.74) is 1.77. The van der Waals surface area contributed by atoms with Gasteiger partial charge in [0, 0.05) is 91.3 Å². The third-order valence-electron chi connectivity index (χ3n) is 18.9. The third-order valence-corrected chi connectivity index (χ3v) is 18.9. The van der Waals surface area contributed by atoms with E-state index in [9.17, 15) is 44.4 Å². The molecule has 5 rings (SSSR count). The van der Waals surface area contributed by atoms with E-state index in [4.69, 9.17) is 38.0 Å². The second kappa shape index (κ2) is 37.2. The highest BCUT2D eigenvalue weighted by molar-refractivity contribution is 6.39. The first-order valence-electron chi connectivity index (χ1n) is 32.2. The lowest BCUT2D eigenvalue weighted by Crippen LogP contribution is -2.60. The SMILES string of the molecule is COCCOCCNC(=O)CN1CCC(NC(=O)CO/N=C2\[C@H](C)C[C@H](C)C(C)CC=CC=C(C)[C@@H](OC)C[C@@H]3CC[C@@H](C)[C@@](O)(O3)C(=O)C(=O)N3CCCC[C@H]3C(=O)O[C@H](CC[C@@H]3CC[C@@H](O)[C@H](OC)C3)C[C@@H](O)[C@H](C)/C=C(\C)[C@@H](O)[C@H]2OC)CC1. The van der Waals surface area contributed by atoms with Gasteiger partial charge in [0.25, 0.3) is 17.6 Å². The van der Waals surface area contributed by atoms with E-state index in [1.54, 1.807) is 48.2 Å². The van der Waals surface area contributed by atoms with E-state index in [1.807, 2.05) is 26.0 Å². The van der Waals surface area contributed by atoms with Crippen molar-refractivity contribution in [3.63, 3.8) is 0 Å². The van der Waals surface area contributed by atoms with Crippen LogP contribution in [0.5, 0.6) is 0 Å². The molecule has 4 fully saturated rings. The molecule has 1 aliphatic carbocycles. The Labute approximate surface area is 517 Å². The zero-order valence-corrected chi connectivity index (χ0v) is 54.2. The molecule has 2 bridgehead atoms. The van der Waals surface area contributed by atoms with Crippen LogP contribution in [0.3, 0.4) is 0 Å². The second-order valence-corrected chi connectivity index (χ2v) is 25.6. The van der Waals surface area contributed by atoms with Gasteiger partial charge in [0.2, 0.25) is 11.7 Å². The number of piperidine rings is 2. The van der Waals surface area contributed by atoms with Crippen molar-refractivity contribution in [1.29, 1.82) is 0 Å². The number of aliphatic hydroxyl groups excluding tert-OH is 3. The molecule has 0 radical (unpaired) electrons. The zero-order chi connectivity index (χ0) is 63.8. The minimum atomic E-state index is -2.44. The Balaban J connectivity index is 1.39. The number of cyclic esters (lactones) is 1. The lowest BCUT2D eigenvalue weighted by atomic mass is 9.81. The van der Waals surface area contributed by atoms with E-state index in [0.29, 0.717) is 128 Å². The van der Waals surface area contributed by atoms with Crippen LogP contribution in [-0.2, 0) is 62.0 Å². The Morgan fingerprint density at radius 3 is 2.23 bits per heavy atom. The molecule has 5 aliphatic rings. The Morgan fingerprint density at radius 2 is 1.53 bits per heavy atom. The largest absolute Gasteiger partial charge is 0.461 e. The van der Waals surface area contributed by atoms with Gasteiger partial charge in [0.05, 0.1) is 62.6 Å². The minimum absolute atomic E-state index is 0.000450. The van der Waals surface area contributed by atoms with Gasteiger partial charge in [0.1, 0.15) is 24.4 Å². The Bertz CT molecular complexity index is 2280. The van der Waals surface area contributed by atoms with E-state index in [1.165, 1.54) is 12.0 Å². The summed E-state index contributed by atoms with van der Waals surface area (Å²) < 4.78 is 40.6. The highest BCUT2D eigenvalue weighted by Gasteiger charge is 2.53. The van der Waals surface area contributed by atoms with Crippen LogP contribution in [0.2, 0.25) is 0 Å². The van der Waals surface area contributed by atoms with Crippen molar-refractivity contribution in [2.75, 3.05) is 87.6 Å². The number of amides is 3. The van der Waals surface area contributed by atoms with Crippen molar-refractivity contribution in [2.45, 2.75) is 218 Å². The summed E-state index contributed by atoms with van der Waals surface area (Å²) in [6.45, 7) is 16.5. The Hall–Kier alpha value is -4.20. The van der Waals surface area contributed by atoms with Gasteiger partial charge in [0.15, 0.2) is 6.61 Å². The van der Waals surface area contributed by atoms with Gasteiger partial charge in [-0.25, -0.2) is 4.79 Å². The molecule has 4 heterocycles. The standard InChI is InChI=1S/C65H109N5O17/c1-41-16-12-13-17-42(2)55(81-9)38-51-22-19-47(7)65(79,87-51)62(76)63(77)70-28-15-14-18-52(70)64(78)86-50(23-20-48-21-24-53(71)56(36-48)82-10)37-54(72)44(4)35-46(6)60(75)61(83-11)59(45(5)34-43(41)3)68-85-40-58(74)67-49-25-29-69(30-26-49)39-57(73)66-27-31-84-33-32-80-8/h12-13,17,35,41,43-45,47-56,60-61,71-72,75,79H,14-16,18-34,36-40H2,1-11H3,(H,66,73)(H,67,74)/b13-12?,42-17?,46-35+,68-59+/t41?,43-,44+,45+,47+,48+,50+,51-,52-,53+,54+,55-,56+,60+,61-,65+/m0/s1. The number of ketones is 1. The fraction of sp³-hybridized carbons (Fsp3) is 0.815. The first kappa shape index (κ1) is 73.5. The average Bonchev–Trinajstić information content (AvgIpc) is 2.05. The number of hydrogen-bond donors (Lipinski definition) is 6. The van der Waals surface area contributed by atoms with Crippen LogP contribution in [0.1, 0.15) is 151 Å². The van der Waals surface area contributed by atoms with Crippen molar-refractivity contribution < 1.29 is 82.4 Å². The molecule has 1 saturated carbocycles. The van der Waals surface area contributed by atoms with Gasteiger partial charge in [-0.1, -0.05) is 64.1 Å². The molecule has 4 aliphatic heterocycles. The molecule has 1 unspecified atom stereocenters. The summed E-state index contributed by atoms with van der Waals surface area (Å²) in [6, 6.07) is -1.25. The number of fused-ring (bicyclic) bond motifs is 3. The lowest BCUT2D eigenvalue weighted by Gasteiger charge is -2.42. The minimum Gasteiger partial charge on any atom is -0.461 e. The average molecular weight is 1230 g/mol. The molecule has 496 valence electrons. The summed E-state index contributed by atoms with van der Waals surface area (Å²) in [5, 5.41) is 57.4. The van der Waals surface area contributed by atoms with Gasteiger partial charge < -0.3 is 74.0 Å². The molecule has 22 heteroatoms. The molecule has 16 atom stereocenters. The number of nitrogens with zero attached hydrogens (tertiary/aromatic N) is 3. The number of likely N-dealkylation sites (tertiary alicyclic amines) is 1. The van der Waals surface area contributed by atoms with E-state index >= 15 is 0 Å². The van der Waals surface area contributed by atoms with Crippen molar-refractivity contribution in [3.05, 3.63) is 35.5 Å². The van der Waals surface area contributed by atoms with Crippen LogP contribution >= 0.6 is 0 Å². The highest BCUT2D eigenvalue weighted by Crippen LogP contribution is 2.38. The normalized spacial score (nSPS) is 35.2. The van der Waals surface area contributed by atoms with Crippen LogP contribution in [0.25, 0.3) is 0 Å². The smallest absolute Gasteiger partial charge is 0.329 e. The number of hydrogen-bond acceptors (Lipinski definition) is 19. The summed E-state index contributed by atoms with van der Waals surface area (Å²) >= 11 is 0. The Kier molecular flexibility index (Phi) is 31.5. The molecule has 87 heavy (non-hydrogen) atoms. The molecular formula is C65H109N5O17. The number of Topliss-reactive ketones (excluding diaryl/α,β-unsaturated/α-hetero) is 1. The van der Waals surface area contributed by atoms with E-state index in [2.05, 4.69) is 40.6 Å². The quantitative estimate of drug-likeness (QED) is 0.0331. The summed E-state index contributed by atoms with van der Waals surface area (Å²) in [6.07, 6.45) is 9.68. The molecule has 3 amide bonds. The van der Waals surface area contributed by atoms with Crippen LogP contribution in [0.4, 0.5) is 0 Å². The maximum Gasteiger partial charge on any atom is 0.329 e. The van der Waals surface area contributed by atoms with Gasteiger partial charge in [-0.3, -0.25) is 24.1 Å².